The van der Waals surface area contributed by atoms with Crippen molar-refractivity contribution < 1.29 is 8.42 Å². The largest absolute Gasteiger partial charge is 0.252 e. The zero-order chi connectivity index (χ0) is 11.8. The van der Waals surface area contributed by atoms with Crippen molar-refractivity contribution in [2.75, 3.05) is 13.1 Å². The highest BCUT2D eigenvalue weighted by molar-refractivity contribution is 9.11. The third-order valence-corrected chi connectivity index (χ3v) is 6.78. The van der Waals surface area contributed by atoms with Crippen molar-refractivity contribution in [2.24, 2.45) is 0 Å². The van der Waals surface area contributed by atoms with E-state index in [2.05, 4.69) is 15.9 Å². The van der Waals surface area contributed by atoms with Crippen molar-refractivity contribution in [3.8, 4) is 0 Å². The minimum Gasteiger partial charge on any atom is -0.206 e. The number of hydrogen-bond donors (Lipinski definition) is 0. The molecule has 0 spiro atoms. The highest BCUT2D eigenvalue weighted by Crippen LogP contribution is 2.30. The molecule has 2 rings (SSSR count). The Balaban J connectivity index is 2.25. The van der Waals surface area contributed by atoms with Gasteiger partial charge in [0, 0.05) is 18.5 Å². The molecule has 0 aliphatic carbocycles. The summed E-state index contributed by atoms with van der Waals surface area (Å²) in [6.07, 6.45) is 1.72. The Morgan fingerprint density at radius 2 is 2.25 bits per heavy atom. The van der Waals surface area contributed by atoms with E-state index in [0.29, 0.717) is 17.3 Å². The third-order valence-electron chi connectivity index (χ3n) is 2.47. The summed E-state index contributed by atoms with van der Waals surface area (Å²) >= 11 is 10.5. The Morgan fingerprint density at radius 3 is 2.81 bits per heavy atom. The SMILES string of the molecule is O=S(=O)(c1ccc(Br)s1)N1CCCC(Cl)C1. The lowest BCUT2D eigenvalue weighted by atomic mass is 10.2. The van der Waals surface area contributed by atoms with Crippen LogP contribution in [0.2, 0.25) is 0 Å². The van der Waals surface area contributed by atoms with Crippen LogP contribution in [0.4, 0.5) is 0 Å². The number of piperidine rings is 1. The second-order valence-electron chi connectivity index (χ2n) is 3.66. The Morgan fingerprint density at radius 1 is 1.50 bits per heavy atom. The van der Waals surface area contributed by atoms with Crippen LogP contribution in [0, 0.1) is 0 Å². The molecule has 1 atom stereocenters. The fraction of sp³-hybridized carbons (Fsp3) is 0.556. The Labute approximate surface area is 113 Å². The zero-order valence-electron chi connectivity index (χ0n) is 8.40. The summed E-state index contributed by atoms with van der Waals surface area (Å²) in [5, 5.41) is -0.0630. The lowest BCUT2D eigenvalue weighted by Crippen LogP contribution is -2.40. The summed E-state index contributed by atoms with van der Waals surface area (Å²) in [7, 11) is -3.34. The van der Waals surface area contributed by atoms with Gasteiger partial charge in [0.1, 0.15) is 4.21 Å². The van der Waals surface area contributed by atoms with Gasteiger partial charge in [-0.25, -0.2) is 8.42 Å². The molecular weight excluding hydrogens is 334 g/mol. The molecule has 0 aromatic carbocycles. The molecule has 1 aliphatic rings. The fourth-order valence-corrected chi connectivity index (χ4v) is 5.77. The average molecular weight is 345 g/mol. The monoisotopic (exact) mass is 343 g/mol. The number of halogens is 2. The normalized spacial score (nSPS) is 23.5. The van der Waals surface area contributed by atoms with Crippen LogP contribution in [0.25, 0.3) is 0 Å². The summed E-state index contributed by atoms with van der Waals surface area (Å²) in [4.78, 5) is 0. The van der Waals surface area contributed by atoms with Crippen LogP contribution in [0.1, 0.15) is 12.8 Å². The van der Waals surface area contributed by atoms with Gasteiger partial charge in [-0.1, -0.05) is 0 Å². The summed E-state index contributed by atoms with van der Waals surface area (Å²) in [5.74, 6) is 0. The summed E-state index contributed by atoms with van der Waals surface area (Å²) in [5.41, 5.74) is 0. The predicted molar refractivity (Wildman–Crippen MR) is 69.7 cm³/mol. The van der Waals surface area contributed by atoms with E-state index in [1.165, 1.54) is 15.6 Å². The molecule has 0 amide bonds. The molecule has 0 saturated carbocycles. The van der Waals surface area contributed by atoms with Crippen molar-refractivity contribution in [3.05, 3.63) is 15.9 Å². The third kappa shape index (κ3) is 2.61. The molecule has 1 aromatic heterocycles. The second-order valence-corrected chi connectivity index (χ2v) is 8.91. The standard InChI is InChI=1S/C9H11BrClNO2S2/c10-8-3-4-9(15-8)16(13,14)12-5-1-2-7(11)6-12/h3-4,7H,1-2,5-6H2. The van der Waals surface area contributed by atoms with Crippen molar-refractivity contribution in [1.82, 2.24) is 4.31 Å². The minimum absolute atomic E-state index is 0.0630. The van der Waals surface area contributed by atoms with Gasteiger partial charge < -0.3 is 0 Å². The molecule has 1 aromatic rings. The van der Waals surface area contributed by atoms with Gasteiger partial charge in [0.05, 0.1) is 3.79 Å². The number of nitrogens with zero attached hydrogens (tertiary/aromatic N) is 1. The van der Waals surface area contributed by atoms with Gasteiger partial charge in [-0.3, -0.25) is 0 Å². The van der Waals surface area contributed by atoms with E-state index >= 15 is 0 Å². The van der Waals surface area contributed by atoms with E-state index in [0.717, 1.165) is 16.6 Å². The van der Waals surface area contributed by atoms with E-state index in [9.17, 15) is 8.42 Å². The Hall–Kier alpha value is 0.380. The van der Waals surface area contributed by atoms with Crippen LogP contribution < -0.4 is 0 Å². The van der Waals surface area contributed by atoms with Gasteiger partial charge in [-0.15, -0.1) is 22.9 Å². The first kappa shape index (κ1) is 12.8. The lowest BCUT2D eigenvalue weighted by molar-refractivity contribution is 0.351. The van der Waals surface area contributed by atoms with Crippen molar-refractivity contribution in [2.45, 2.75) is 22.4 Å². The van der Waals surface area contributed by atoms with Crippen molar-refractivity contribution in [1.29, 1.82) is 0 Å². The van der Waals surface area contributed by atoms with Gasteiger partial charge in [0.15, 0.2) is 0 Å². The second kappa shape index (κ2) is 4.94. The number of hydrogen-bond acceptors (Lipinski definition) is 3. The Bertz CT molecular complexity index is 474. The van der Waals surface area contributed by atoms with Gasteiger partial charge in [-0.05, 0) is 40.9 Å². The number of alkyl halides is 1. The first-order valence-corrected chi connectivity index (χ1v) is 8.38. The molecule has 16 heavy (non-hydrogen) atoms. The zero-order valence-corrected chi connectivity index (χ0v) is 12.4. The lowest BCUT2D eigenvalue weighted by Gasteiger charge is -2.28. The molecule has 0 N–H and O–H groups in total. The first-order chi connectivity index (χ1) is 7.50. The summed E-state index contributed by atoms with van der Waals surface area (Å²) < 4.78 is 27.1. The topological polar surface area (TPSA) is 37.4 Å². The Kier molecular flexibility index (Phi) is 3.96. The molecule has 90 valence electrons. The van der Waals surface area contributed by atoms with Crippen LogP contribution >= 0.6 is 38.9 Å². The van der Waals surface area contributed by atoms with Crippen molar-refractivity contribution in [3.63, 3.8) is 0 Å². The van der Waals surface area contributed by atoms with Crippen LogP contribution in [-0.4, -0.2) is 31.2 Å². The van der Waals surface area contributed by atoms with E-state index in [4.69, 9.17) is 11.6 Å². The molecule has 2 heterocycles. The van der Waals surface area contributed by atoms with Crippen LogP contribution in [0.15, 0.2) is 20.1 Å². The molecule has 1 unspecified atom stereocenters. The van der Waals surface area contributed by atoms with Crippen LogP contribution in [0.3, 0.4) is 0 Å². The van der Waals surface area contributed by atoms with Crippen LogP contribution in [-0.2, 0) is 10.0 Å². The van der Waals surface area contributed by atoms with Gasteiger partial charge in [-0.2, -0.15) is 4.31 Å². The van der Waals surface area contributed by atoms with E-state index in [1.807, 2.05) is 0 Å². The number of thiophene rings is 1. The average Bonchev–Trinajstić information content (AvgIpc) is 2.65. The van der Waals surface area contributed by atoms with Gasteiger partial charge in [0.25, 0.3) is 10.0 Å². The number of rotatable bonds is 2. The van der Waals surface area contributed by atoms with Crippen molar-refractivity contribution >= 4 is 48.9 Å². The molecular formula is C9H11BrClNO2S2. The first-order valence-electron chi connectivity index (χ1n) is 4.90. The highest BCUT2D eigenvalue weighted by atomic mass is 79.9. The number of sulfonamides is 1. The molecule has 1 aliphatic heterocycles. The maximum atomic E-state index is 12.2. The van der Waals surface area contributed by atoms with E-state index in [1.54, 1.807) is 12.1 Å². The quantitative estimate of drug-likeness (QED) is 0.774. The van der Waals surface area contributed by atoms with E-state index < -0.39 is 10.0 Å². The van der Waals surface area contributed by atoms with Gasteiger partial charge >= 0.3 is 0 Å². The summed E-state index contributed by atoms with van der Waals surface area (Å²) in [6.45, 7) is 0.987. The highest BCUT2D eigenvalue weighted by Gasteiger charge is 2.30. The molecule has 1 saturated heterocycles. The summed E-state index contributed by atoms with van der Waals surface area (Å²) in [6, 6.07) is 3.38. The smallest absolute Gasteiger partial charge is 0.206 e. The maximum absolute atomic E-state index is 12.2. The minimum atomic E-state index is -3.34. The molecule has 7 heteroatoms. The van der Waals surface area contributed by atoms with Gasteiger partial charge in [0.2, 0.25) is 0 Å². The fourth-order valence-electron chi connectivity index (χ4n) is 1.67. The predicted octanol–water partition coefficient (Wildman–Crippen LogP) is 2.90. The molecule has 3 nitrogen and oxygen atoms in total. The van der Waals surface area contributed by atoms with E-state index in [-0.39, 0.29) is 5.38 Å². The molecule has 0 radical (unpaired) electrons. The maximum Gasteiger partial charge on any atom is 0.252 e. The molecule has 0 bridgehead atoms. The molecule has 1 fully saturated rings. The van der Waals surface area contributed by atoms with Crippen LogP contribution in [0.5, 0.6) is 0 Å².